The van der Waals surface area contributed by atoms with Crippen LogP contribution in [0.15, 0.2) is 18.2 Å². The van der Waals surface area contributed by atoms with Crippen molar-refractivity contribution in [1.29, 1.82) is 0 Å². The summed E-state index contributed by atoms with van der Waals surface area (Å²) in [4.78, 5) is 2.21. The highest BCUT2D eigenvalue weighted by atomic mass is 19.1. The largest absolute Gasteiger partial charge is 0.315 e. The number of hydrogen-bond donors (Lipinski definition) is 1. The number of rotatable bonds is 7. The molecule has 0 aromatic heterocycles. The molecule has 0 bridgehead atoms. The lowest BCUT2D eigenvalue weighted by molar-refractivity contribution is 0.323. The number of hydrogen-bond acceptors (Lipinski definition) is 2. The molecule has 0 aliphatic heterocycles. The minimum atomic E-state index is -0.150. The van der Waals surface area contributed by atoms with Gasteiger partial charge in [-0.05, 0) is 50.2 Å². The summed E-state index contributed by atoms with van der Waals surface area (Å²) in [6.07, 6.45) is 1.16. The van der Waals surface area contributed by atoms with Gasteiger partial charge >= 0.3 is 0 Å². The second-order valence-corrected chi connectivity index (χ2v) is 4.56. The molecule has 0 amide bonds. The van der Waals surface area contributed by atoms with Gasteiger partial charge in [0.15, 0.2) is 0 Å². The minimum absolute atomic E-state index is 0.150. The summed E-state index contributed by atoms with van der Waals surface area (Å²) in [6, 6.07) is 4.99. The molecule has 0 spiro atoms. The van der Waals surface area contributed by atoms with Crippen molar-refractivity contribution in [3.63, 3.8) is 0 Å². The summed E-state index contributed by atoms with van der Waals surface area (Å²) in [7, 11) is 2.07. The Morgan fingerprint density at radius 3 is 2.76 bits per heavy atom. The van der Waals surface area contributed by atoms with E-state index in [-0.39, 0.29) is 5.82 Å². The highest BCUT2D eigenvalue weighted by molar-refractivity contribution is 5.26. The third-order valence-electron chi connectivity index (χ3n) is 2.85. The van der Waals surface area contributed by atoms with E-state index >= 15 is 0 Å². The molecule has 0 atom stereocenters. The van der Waals surface area contributed by atoms with Crippen LogP contribution in [0, 0.1) is 12.7 Å². The molecule has 0 aliphatic carbocycles. The zero-order chi connectivity index (χ0) is 12.7. The van der Waals surface area contributed by atoms with Gasteiger partial charge in [-0.3, -0.25) is 0 Å². The normalized spacial score (nSPS) is 11.1. The molecule has 1 rings (SSSR count). The number of benzene rings is 1. The Bertz CT molecular complexity index is 339. The summed E-state index contributed by atoms with van der Waals surface area (Å²) in [6.45, 7) is 8.02. The van der Waals surface area contributed by atoms with E-state index in [4.69, 9.17) is 0 Å². The fourth-order valence-corrected chi connectivity index (χ4v) is 1.75. The maximum atomic E-state index is 13.1. The van der Waals surface area contributed by atoms with E-state index in [1.165, 1.54) is 6.07 Å². The van der Waals surface area contributed by atoms with Crippen LogP contribution in [0.3, 0.4) is 0 Å². The molecule has 0 heterocycles. The third kappa shape index (κ3) is 5.29. The van der Waals surface area contributed by atoms with Crippen molar-refractivity contribution in [2.45, 2.75) is 26.8 Å². The van der Waals surface area contributed by atoms with Gasteiger partial charge in [0.05, 0.1) is 0 Å². The van der Waals surface area contributed by atoms with Crippen molar-refractivity contribution in [3.05, 3.63) is 35.1 Å². The highest BCUT2D eigenvalue weighted by Gasteiger charge is 2.04. The summed E-state index contributed by atoms with van der Waals surface area (Å²) >= 11 is 0. The van der Waals surface area contributed by atoms with Crippen molar-refractivity contribution in [3.8, 4) is 0 Å². The first kappa shape index (κ1) is 14.1. The number of halogens is 1. The van der Waals surface area contributed by atoms with Crippen molar-refractivity contribution in [1.82, 2.24) is 10.2 Å². The minimum Gasteiger partial charge on any atom is -0.315 e. The zero-order valence-corrected chi connectivity index (χ0v) is 11.1. The fourth-order valence-electron chi connectivity index (χ4n) is 1.75. The predicted octanol–water partition coefficient (Wildman–Crippen LogP) is 2.57. The molecule has 0 radical (unpaired) electrons. The average molecular weight is 238 g/mol. The molecule has 2 nitrogen and oxygen atoms in total. The molecule has 1 aromatic rings. The highest BCUT2D eigenvalue weighted by Crippen LogP contribution is 2.11. The lowest BCUT2D eigenvalue weighted by atomic mass is 10.1. The van der Waals surface area contributed by atoms with Gasteiger partial charge in [-0.25, -0.2) is 4.39 Å². The molecule has 0 unspecified atom stereocenters. The van der Waals surface area contributed by atoms with Crippen LogP contribution in [0.2, 0.25) is 0 Å². The quantitative estimate of drug-likeness (QED) is 0.734. The molecular formula is C14H23FN2. The fraction of sp³-hybridized carbons (Fsp3) is 0.571. The molecule has 96 valence electrons. The molecule has 1 N–H and O–H groups in total. The first-order chi connectivity index (χ1) is 8.13. The Balaban J connectivity index is 2.39. The Labute approximate surface area is 104 Å². The second-order valence-electron chi connectivity index (χ2n) is 4.56. The Kier molecular flexibility index (Phi) is 6.16. The van der Waals surface area contributed by atoms with Gasteiger partial charge in [0.25, 0.3) is 0 Å². The van der Waals surface area contributed by atoms with Crippen LogP contribution in [0.4, 0.5) is 4.39 Å². The van der Waals surface area contributed by atoms with Gasteiger partial charge in [-0.1, -0.05) is 13.0 Å². The monoisotopic (exact) mass is 238 g/mol. The van der Waals surface area contributed by atoms with Crippen LogP contribution < -0.4 is 5.32 Å². The zero-order valence-electron chi connectivity index (χ0n) is 11.1. The number of nitrogens with one attached hydrogen (secondary N) is 1. The van der Waals surface area contributed by atoms with Crippen molar-refractivity contribution >= 4 is 0 Å². The van der Waals surface area contributed by atoms with Crippen LogP contribution in [0.1, 0.15) is 24.5 Å². The van der Waals surface area contributed by atoms with Crippen molar-refractivity contribution < 1.29 is 4.39 Å². The van der Waals surface area contributed by atoms with Crippen molar-refractivity contribution in [2.75, 3.05) is 26.7 Å². The molecule has 0 saturated carbocycles. The maximum Gasteiger partial charge on any atom is 0.123 e. The number of nitrogens with zero attached hydrogens (tertiary/aromatic N) is 1. The van der Waals surface area contributed by atoms with Gasteiger partial charge in [0.2, 0.25) is 0 Å². The van der Waals surface area contributed by atoms with E-state index in [1.54, 1.807) is 6.07 Å². The topological polar surface area (TPSA) is 15.3 Å². The van der Waals surface area contributed by atoms with Crippen LogP contribution in [0.5, 0.6) is 0 Å². The molecule has 0 fully saturated rings. The number of likely N-dealkylation sites (N-methyl/N-ethyl adjacent to an activating group) is 1. The third-order valence-corrected chi connectivity index (χ3v) is 2.85. The van der Waals surface area contributed by atoms with Crippen LogP contribution in [-0.4, -0.2) is 31.6 Å². The predicted molar refractivity (Wildman–Crippen MR) is 70.6 cm³/mol. The lowest BCUT2D eigenvalue weighted by Crippen LogP contribution is -2.29. The van der Waals surface area contributed by atoms with Crippen LogP contribution >= 0.6 is 0 Å². The van der Waals surface area contributed by atoms with Gasteiger partial charge in [-0.15, -0.1) is 0 Å². The van der Waals surface area contributed by atoms with E-state index in [2.05, 4.69) is 24.2 Å². The van der Waals surface area contributed by atoms with E-state index in [0.717, 1.165) is 43.7 Å². The molecule has 17 heavy (non-hydrogen) atoms. The molecule has 1 aromatic carbocycles. The molecule has 0 saturated heterocycles. The van der Waals surface area contributed by atoms with Gasteiger partial charge < -0.3 is 10.2 Å². The summed E-state index contributed by atoms with van der Waals surface area (Å²) in [5.74, 6) is -0.150. The molecular weight excluding hydrogens is 215 g/mol. The summed E-state index contributed by atoms with van der Waals surface area (Å²) in [5.41, 5.74) is 2.22. The standard InChI is InChI=1S/C14H23FN2/c1-4-7-16-8-9-17(3)11-13-10-14(15)6-5-12(13)2/h5-6,10,16H,4,7-9,11H2,1-3H3. The van der Waals surface area contributed by atoms with Crippen molar-refractivity contribution in [2.24, 2.45) is 0 Å². The summed E-state index contributed by atoms with van der Waals surface area (Å²) in [5, 5.41) is 3.36. The summed E-state index contributed by atoms with van der Waals surface area (Å²) < 4.78 is 13.1. The van der Waals surface area contributed by atoms with Gasteiger partial charge in [-0.2, -0.15) is 0 Å². The van der Waals surface area contributed by atoms with E-state index in [9.17, 15) is 4.39 Å². The Morgan fingerprint density at radius 2 is 2.06 bits per heavy atom. The smallest absolute Gasteiger partial charge is 0.123 e. The Hall–Kier alpha value is -0.930. The first-order valence-electron chi connectivity index (χ1n) is 6.27. The maximum absolute atomic E-state index is 13.1. The van der Waals surface area contributed by atoms with Crippen LogP contribution in [0.25, 0.3) is 0 Å². The second kappa shape index (κ2) is 7.41. The first-order valence-corrected chi connectivity index (χ1v) is 6.27. The van der Waals surface area contributed by atoms with E-state index < -0.39 is 0 Å². The van der Waals surface area contributed by atoms with Gasteiger partial charge in [0, 0.05) is 19.6 Å². The Morgan fingerprint density at radius 1 is 1.29 bits per heavy atom. The average Bonchev–Trinajstić information content (AvgIpc) is 2.29. The SMILES string of the molecule is CCCNCCN(C)Cc1cc(F)ccc1C. The van der Waals surface area contributed by atoms with Crippen LogP contribution in [-0.2, 0) is 6.54 Å². The number of aryl methyl sites for hydroxylation is 1. The van der Waals surface area contributed by atoms with Gasteiger partial charge in [0.1, 0.15) is 5.82 Å². The lowest BCUT2D eigenvalue weighted by Gasteiger charge is -2.18. The van der Waals surface area contributed by atoms with E-state index in [1.807, 2.05) is 13.0 Å². The van der Waals surface area contributed by atoms with E-state index in [0.29, 0.717) is 0 Å². The molecule has 0 aliphatic rings. The molecule has 3 heteroatoms.